The van der Waals surface area contributed by atoms with E-state index in [9.17, 15) is 9.59 Å². The summed E-state index contributed by atoms with van der Waals surface area (Å²) in [6.07, 6.45) is 5.97. The first kappa shape index (κ1) is 26.2. The molecule has 3 rings (SSSR count). The summed E-state index contributed by atoms with van der Waals surface area (Å²) >= 11 is 19.8. The van der Waals surface area contributed by atoms with Gasteiger partial charge < -0.3 is 10.2 Å². The molecule has 1 saturated carbocycles. The van der Waals surface area contributed by atoms with Crippen molar-refractivity contribution in [1.29, 1.82) is 0 Å². The normalized spacial score (nSPS) is 15.2. The van der Waals surface area contributed by atoms with Crippen molar-refractivity contribution in [2.24, 2.45) is 0 Å². The van der Waals surface area contributed by atoms with E-state index in [0.717, 1.165) is 36.1 Å². The Bertz CT molecular complexity index is 949. The van der Waals surface area contributed by atoms with Crippen molar-refractivity contribution in [2.75, 3.05) is 5.75 Å². The molecule has 2 amide bonds. The Balaban J connectivity index is 1.77. The highest BCUT2D eigenvalue weighted by molar-refractivity contribution is 8.00. The predicted octanol–water partition coefficient (Wildman–Crippen LogP) is 7.00. The van der Waals surface area contributed by atoms with E-state index in [4.69, 9.17) is 34.8 Å². The van der Waals surface area contributed by atoms with Gasteiger partial charge in [0, 0.05) is 32.5 Å². The number of hydrogen-bond donors (Lipinski definition) is 1. The van der Waals surface area contributed by atoms with Crippen LogP contribution in [0.25, 0.3) is 0 Å². The average Bonchev–Trinajstić information content (AvgIpc) is 2.80. The first-order valence-corrected chi connectivity index (χ1v) is 13.4. The second-order valence-electron chi connectivity index (χ2n) is 8.27. The van der Waals surface area contributed by atoms with E-state index in [0.29, 0.717) is 21.5 Å². The van der Waals surface area contributed by atoms with Crippen molar-refractivity contribution in [3.63, 3.8) is 0 Å². The molecular formula is C25H29Cl3N2O2S. The molecule has 0 bridgehead atoms. The molecule has 4 nitrogen and oxygen atoms in total. The summed E-state index contributed by atoms with van der Waals surface area (Å²) in [7, 11) is 0. The minimum Gasteiger partial charge on any atom is -0.352 e. The summed E-state index contributed by atoms with van der Waals surface area (Å²) in [5.74, 6) is -0.00834. The van der Waals surface area contributed by atoms with Crippen LogP contribution < -0.4 is 5.32 Å². The van der Waals surface area contributed by atoms with Gasteiger partial charge in [0.25, 0.3) is 0 Å². The topological polar surface area (TPSA) is 49.4 Å². The number of rotatable bonds is 9. The zero-order chi connectivity index (χ0) is 23.8. The van der Waals surface area contributed by atoms with E-state index >= 15 is 0 Å². The van der Waals surface area contributed by atoms with E-state index in [1.807, 2.05) is 25.1 Å². The molecule has 0 saturated heterocycles. The van der Waals surface area contributed by atoms with Gasteiger partial charge in [-0.2, -0.15) is 0 Å². The Morgan fingerprint density at radius 2 is 1.70 bits per heavy atom. The summed E-state index contributed by atoms with van der Waals surface area (Å²) in [5, 5.41) is 4.84. The third-order valence-corrected chi connectivity index (χ3v) is 7.70. The second-order valence-corrected chi connectivity index (χ2v) is 10.6. The number of thioether (sulfide) groups is 1. The van der Waals surface area contributed by atoms with Gasteiger partial charge in [0.05, 0.1) is 5.75 Å². The van der Waals surface area contributed by atoms with E-state index < -0.39 is 6.04 Å². The number of carbonyl (C=O) groups excluding carboxylic acids is 2. The van der Waals surface area contributed by atoms with Crippen LogP contribution in [0.1, 0.15) is 51.0 Å². The Morgan fingerprint density at radius 1 is 1.03 bits per heavy atom. The smallest absolute Gasteiger partial charge is 0.243 e. The molecule has 33 heavy (non-hydrogen) atoms. The molecular weight excluding hydrogens is 499 g/mol. The number of hydrogen-bond acceptors (Lipinski definition) is 3. The summed E-state index contributed by atoms with van der Waals surface area (Å²) in [6.45, 7) is 2.17. The van der Waals surface area contributed by atoms with Gasteiger partial charge in [0.1, 0.15) is 6.04 Å². The van der Waals surface area contributed by atoms with Crippen molar-refractivity contribution in [2.45, 2.75) is 69.0 Å². The molecule has 1 N–H and O–H groups in total. The van der Waals surface area contributed by atoms with Crippen molar-refractivity contribution in [1.82, 2.24) is 10.2 Å². The maximum Gasteiger partial charge on any atom is 0.243 e. The minimum absolute atomic E-state index is 0.0978. The van der Waals surface area contributed by atoms with E-state index in [1.165, 1.54) is 18.2 Å². The van der Waals surface area contributed by atoms with Crippen molar-refractivity contribution in [3.8, 4) is 0 Å². The fourth-order valence-corrected chi connectivity index (χ4v) is 5.43. The molecule has 2 aromatic carbocycles. The Hall–Kier alpha value is -1.40. The SMILES string of the molecule is CC[C@@H](C(=O)NC1CCCCC1)N(Cc1ccc(Cl)cc1Cl)C(=O)CSc1ccc(Cl)cc1. The summed E-state index contributed by atoms with van der Waals surface area (Å²) in [6, 6.07) is 12.2. The zero-order valence-corrected chi connectivity index (χ0v) is 21.7. The van der Waals surface area contributed by atoms with Gasteiger partial charge in [0.2, 0.25) is 11.8 Å². The van der Waals surface area contributed by atoms with Crippen LogP contribution >= 0.6 is 46.6 Å². The third-order valence-electron chi connectivity index (χ3n) is 5.87. The van der Waals surface area contributed by atoms with Gasteiger partial charge in [-0.05, 0) is 61.2 Å². The number of nitrogens with zero attached hydrogens (tertiary/aromatic N) is 1. The Kier molecular flexibility index (Phi) is 10.2. The predicted molar refractivity (Wildman–Crippen MR) is 138 cm³/mol. The Labute approximate surface area is 215 Å². The maximum absolute atomic E-state index is 13.4. The second kappa shape index (κ2) is 12.9. The molecule has 0 spiro atoms. The molecule has 8 heteroatoms. The Morgan fingerprint density at radius 3 is 2.33 bits per heavy atom. The van der Waals surface area contributed by atoms with Crippen molar-refractivity contribution in [3.05, 3.63) is 63.1 Å². The molecule has 178 valence electrons. The molecule has 1 aliphatic rings. The van der Waals surface area contributed by atoms with Crippen LogP contribution in [-0.4, -0.2) is 34.6 Å². The van der Waals surface area contributed by atoms with Crippen molar-refractivity contribution >= 4 is 58.4 Å². The first-order valence-electron chi connectivity index (χ1n) is 11.3. The van der Waals surface area contributed by atoms with E-state index in [-0.39, 0.29) is 30.2 Å². The molecule has 0 aliphatic heterocycles. The molecule has 1 fully saturated rings. The lowest BCUT2D eigenvalue weighted by molar-refractivity contribution is -0.139. The standard InChI is InChI=1S/C25H29Cl3N2O2S/c1-2-23(25(32)29-20-6-4-3-5-7-20)30(15-17-8-9-19(27)14-22(17)28)24(31)16-33-21-12-10-18(26)11-13-21/h8-14,20,23H,2-7,15-16H2,1H3,(H,29,32)/t23-/m0/s1. The molecule has 0 unspecified atom stereocenters. The van der Waals surface area contributed by atoms with Gasteiger partial charge in [-0.25, -0.2) is 0 Å². The fourth-order valence-electron chi connectivity index (χ4n) is 4.06. The number of nitrogens with one attached hydrogen (secondary N) is 1. The fraction of sp³-hybridized carbons (Fsp3) is 0.440. The lowest BCUT2D eigenvalue weighted by Gasteiger charge is -2.33. The van der Waals surface area contributed by atoms with Gasteiger partial charge in [0.15, 0.2) is 0 Å². The average molecular weight is 528 g/mol. The van der Waals surface area contributed by atoms with Crippen LogP contribution in [0.5, 0.6) is 0 Å². The van der Waals surface area contributed by atoms with Crippen LogP contribution in [0.4, 0.5) is 0 Å². The maximum atomic E-state index is 13.4. The van der Waals surface area contributed by atoms with Crippen LogP contribution in [0.15, 0.2) is 47.4 Å². The molecule has 1 aliphatic carbocycles. The highest BCUT2D eigenvalue weighted by atomic mass is 35.5. The van der Waals surface area contributed by atoms with Gasteiger partial charge >= 0.3 is 0 Å². The van der Waals surface area contributed by atoms with Gasteiger partial charge in [-0.15, -0.1) is 11.8 Å². The number of carbonyl (C=O) groups is 2. The lowest BCUT2D eigenvalue weighted by atomic mass is 9.95. The van der Waals surface area contributed by atoms with Gasteiger partial charge in [-0.1, -0.05) is 67.1 Å². The van der Waals surface area contributed by atoms with E-state index in [1.54, 1.807) is 29.2 Å². The number of benzene rings is 2. The molecule has 1 atom stereocenters. The summed E-state index contributed by atoms with van der Waals surface area (Å²) in [4.78, 5) is 29.2. The molecule has 0 heterocycles. The largest absolute Gasteiger partial charge is 0.352 e. The lowest BCUT2D eigenvalue weighted by Crippen LogP contribution is -2.52. The minimum atomic E-state index is -0.572. The van der Waals surface area contributed by atoms with Crippen molar-refractivity contribution < 1.29 is 9.59 Å². The van der Waals surface area contributed by atoms with Crippen LogP contribution in [0.3, 0.4) is 0 Å². The highest BCUT2D eigenvalue weighted by Crippen LogP contribution is 2.26. The van der Waals surface area contributed by atoms with Gasteiger partial charge in [-0.3, -0.25) is 9.59 Å². The third kappa shape index (κ3) is 7.81. The van der Waals surface area contributed by atoms with Crippen LogP contribution in [-0.2, 0) is 16.1 Å². The van der Waals surface area contributed by atoms with Crippen LogP contribution in [0.2, 0.25) is 15.1 Å². The number of halogens is 3. The summed E-state index contributed by atoms with van der Waals surface area (Å²) in [5.41, 5.74) is 0.759. The zero-order valence-electron chi connectivity index (χ0n) is 18.7. The van der Waals surface area contributed by atoms with E-state index in [2.05, 4.69) is 5.32 Å². The molecule has 0 radical (unpaired) electrons. The quantitative estimate of drug-likeness (QED) is 0.357. The molecule has 2 aromatic rings. The first-order chi connectivity index (χ1) is 15.9. The highest BCUT2D eigenvalue weighted by Gasteiger charge is 2.30. The summed E-state index contributed by atoms with van der Waals surface area (Å²) < 4.78 is 0. The van der Waals surface area contributed by atoms with Crippen LogP contribution in [0, 0.1) is 0 Å². The monoisotopic (exact) mass is 526 g/mol. The number of amides is 2. The molecule has 0 aromatic heterocycles.